The molecule has 1 N–H and O–H groups in total. The fraction of sp³-hybridized carbons (Fsp3) is 0.150. The number of rotatable bonds is 6. The van der Waals surface area contributed by atoms with Crippen LogP contribution in [0.1, 0.15) is 18.5 Å². The lowest BCUT2D eigenvalue weighted by molar-refractivity contribution is -0.307. The zero-order valence-electron chi connectivity index (χ0n) is 14.7. The molecule has 1 aliphatic heterocycles. The molecule has 0 radical (unpaired) electrons. The van der Waals surface area contributed by atoms with Gasteiger partial charge in [-0.15, -0.1) is 0 Å². The van der Waals surface area contributed by atoms with Gasteiger partial charge in [0.1, 0.15) is 18.2 Å². The molecular weight excluding hydrogens is 369 g/mol. The molecule has 2 aromatic carbocycles. The zero-order valence-corrected chi connectivity index (χ0v) is 14.7. The summed E-state index contributed by atoms with van der Waals surface area (Å²) < 4.78 is 18.3. The van der Waals surface area contributed by atoms with Crippen LogP contribution in [0.15, 0.2) is 59.9 Å². The average molecular weight is 384 g/mol. The largest absolute Gasteiger partial charge is 0.546 e. The molecule has 0 saturated carbocycles. The van der Waals surface area contributed by atoms with Gasteiger partial charge in [0.25, 0.3) is 5.91 Å². The topological polar surface area (TPSA) is 107 Å². The van der Waals surface area contributed by atoms with E-state index >= 15 is 0 Å². The minimum atomic E-state index is -1.38. The van der Waals surface area contributed by atoms with Gasteiger partial charge in [-0.3, -0.25) is 14.5 Å². The highest BCUT2D eigenvalue weighted by Crippen LogP contribution is 2.41. The Balaban J connectivity index is 2.00. The molecule has 1 amide bonds. The molecule has 0 fully saturated rings. The van der Waals surface area contributed by atoms with Crippen LogP contribution in [0.3, 0.4) is 0 Å². The molecule has 28 heavy (non-hydrogen) atoms. The fourth-order valence-corrected chi connectivity index (χ4v) is 3.04. The van der Waals surface area contributed by atoms with Crippen LogP contribution in [0.5, 0.6) is 5.75 Å². The number of ether oxygens (including phenoxy) is 1. The number of carboxylic acids is 1. The molecule has 0 saturated heterocycles. The lowest BCUT2D eigenvalue weighted by Gasteiger charge is -2.26. The third kappa shape index (κ3) is 3.57. The minimum Gasteiger partial charge on any atom is -0.546 e. The van der Waals surface area contributed by atoms with Gasteiger partial charge in [-0.2, -0.15) is 0 Å². The van der Waals surface area contributed by atoms with E-state index in [1.165, 1.54) is 60.4 Å². The maximum Gasteiger partial charge on any atom is 0.294 e. The third-order valence-corrected chi connectivity index (χ3v) is 4.24. The monoisotopic (exact) mass is 384 g/mol. The first-order valence-corrected chi connectivity index (χ1v) is 8.25. The number of hydrogen-bond acceptors (Lipinski definition) is 6. The summed E-state index contributed by atoms with van der Waals surface area (Å²) in [6.45, 7) is 0.604. The molecule has 0 unspecified atom stereocenters. The summed E-state index contributed by atoms with van der Waals surface area (Å²) in [4.78, 5) is 36.4. The number of benzene rings is 2. The van der Waals surface area contributed by atoms with Gasteiger partial charge in [0.05, 0.1) is 17.6 Å². The van der Waals surface area contributed by atoms with E-state index in [0.29, 0.717) is 11.3 Å². The predicted octanol–water partition coefficient (Wildman–Crippen LogP) is 1.44. The number of hydrogen-bond donors (Lipinski definition) is 1. The third-order valence-electron chi connectivity index (χ3n) is 4.24. The van der Waals surface area contributed by atoms with Crippen molar-refractivity contribution in [3.05, 3.63) is 71.2 Å². The Morgan fingerprint density at radius 2 is 1.75 bits per heavy atom. The van der Waals surface area contributed by atoms with Gasteiger partial charge in [-0.1, -0.05) is 12.1 Å². The van der Waals surface area contributed by atoms with E-state index in [1.54, 1.807) is 0 Å². The lowest BCUT2D eigenvalue weighted by Crippen LogP contribution is -2.31. The number of aliphatic hydroxyl groups is 1. The molecule has 8 heteroatoms. The second kappa shape index (κ2) is 7.51. The number of amides is 1. The van der Waals surface area contributed by atoms with Gasteiger partial charge in [0.2, 0.25) is 0 Å². The highest BCUT2D eigenvalue weighted by molar-refractivity contribution is 6.16. The van der Waals surface area contributed by atoms with Crippen molar-refractivity contribution in [2.75, 3.05) is 11.5 Å². The quantitative estimate of drug-likeness (QED) is 0.808. The average Bonchev–Trinajstić information content (AvgIpc) is 2.92. The fourth-order valence-electron chi connectivity index (χ4n) is 3.04. The van der Waals surface area contributed by atoms with Gasteiger partial charge >= 0.3 is 0 Å². The summed E-state index contributed by atoms with van der Waals surface area (Å²) in [5.41, 5.74) is 0.693. The number of carbonyl (C=O) groups is 3. The molecular formula is C20H15FNO6-. The van der Waals surface area contributed by atoms with Crippen LogP contribution in [0.25, 0.3) is 0 Å². The molecule has 2 aromatic rings. The highest BCUT2D eigenvalue weighted by Gasteiger charge is 2.43. The van der Waals surface area contributed by atoms with Crippen LogP contribution >= 0.6 is 0 Å². The SMILES string of the molecule is CC(=O)C1=C(O)C(=O)N(c2ccc(OCC(=O)[O-])cc2)[C@@H]1c1ccc(F)cc1. The van der Waals surface area contributed by atoms with Crippen molar-refractivity contribution in [2.45, 2.75) is 13.0 Å². The second-order valence-corrected chi connectivity index (χ2v) is 6.10. The number of aliphatic carboxylic acids is 1. The Morgan fingerprint density at radius 1 is 1.14 bits per heavy atom. The summed E-state index contributed by atoms with van der Waals surface area (Å²) in [6, 6.07) is 10.2. The summed E-state index contributed by atoms with van der Waals surface area (Å²) in [5, 5.41) is 20.7. The van der Waals surface area contributed by atoms with Crippen molar-refractivity contribution in [1.82, 2.24) is 0 Å². The van der Waals surface area contributed by atoms with Crippen LogP contribution in [0.4, 0.5) is 10.1 Å². The van der Waals surface area contributed by atoms with Crippen molar-refractivity contribution in [3.63, 3.8) is 0 Å². The number of Topliss-reactive ketones (excluding diaryl/α,β-unsaturated/α-hetero) is 1. The van der Waals surface area contributed by atoms with Gasteiger partial charge in [0, 0.05) is 5.69 Å². The number of aliphatic hydroxyl groups excluding tert-OH is 1. The number of nitrogens with zero attached hydrogens (tertiary/aromatic N) is 1. The van der Waals surface area contributed by atoms with Crippen LogP contribution in [-0.2, 0) is 14.4 Å². The Labute approximate surface area is 159 Å². The van der Waals surface area contributed by atoms with E-state index in [-0.39, 0.29) is 11.3 Å². The van der Waals surface area contributed by atoms with E-state index in [1.807, 2.05) is 0 Å². The summed E-state index contributed by atoms with van der Waals surface area (Å²) in [6.07, 6.45) is 0. The van der Waals surface area contributed by atoms with E-state index in [0.717, 1.165) is 0 Å². The molecule has 0 aliphatic carbocycles. The van der Waals surface area contributed by atoms with Crippen LogP contribution in [0.2, 0.25) is 0 Å². The molecule has 1 heterocycles. The summed E-state index contributed by atoms with van der Waals surface area (Å²) in [7, 11) is 0. The number of carbonyl (C=O) groups excluding carboxylic acids is 3. The van der Waals surface area contributed by atoms with Gasteiger partial charge in [-0.25, -0.2) is 4.39 Å². The molecule has 0 bridgehead atoms. The van der Waals surface area contributed by atoms with Crippen molar-refractivity contribution in [1.29, 1.82) is 0 Å². The minimum absolute atomic E-state index is 0.0890. The standard InChI is InChI=1S/C20H16FNO6/c1-11(23)17-18(12-2-4-13(21)5-3-12)22(20(27)19(17)26)14-6-8-15(9-7-14)28-10-16(24)25/h2-9,18,26H,10H2,1H3,(H,24,25)/p-1/t18-/m1/s1. The van der Waals surface area contributed by atoms with Gasteiger partial charge in [-0.05, 0) is 48.9 Å². The molecule has 1 atom stereocenters. The van der Waals surface area contributed by atoms with E-state index in [9.17, 15) is 29.0 Å². The first-order valence-electron chi connectivity index (χ1n) is 8.25. The van der Waals surface area contributed by atoms with Crippen LogP contribution in [-0.4, -0.2) is 29.4 Å². The predicted molar refractivity (Wildman–Crippen MR) is 93.9 cm³/mol. The van der Waals surface area contributed by atoms with Crippen molar-refractivity contribution in [3.8, 4) is 5.75 Å². The van der Waals surface area contributed by atoms with Crippen molar-refractivity contribution >= 4 is 23.3 Å². The Bertz CT molecular complexity index is 965. The number of ketones is 1. The maximum atomic E-state index is 13.3. The molecule has 144 valence electrons. The van der Waals surface area contributed by atoms with Crippen molar-refractivity contribution < 1.29 is 33.7 Å². The molecule has 1 aliphatic rings. The number of carboxylic acid groups (broad SMARTS) is 1. The van der Waals surface area contributed by atoms with Crippen LogP contribution in [0, 0.1) is 5.82 Å². The molecule has 7 nitrogen and oxygen atoms in total. The molecule has 3 rings (SSSR count). The lowest BCUT2D eigenvalue weighted by atomic mass is 9.96. The maximum absolute atomic E-state index is 13.3. The van der Waals surface area contributed by atoms with E-state index in [2.05, 4.69) is 0 Å². The van der Waals surface area contributed by atoms with Gasteiger partial charge < -0.3 is 19.7 Å². The molecule has 0 spiro atoms. The second-order valence-electron chi connectivity index (χ2n) is 6.10. The highest BCUT2D eigenvalue weighted by atomic mass is 19.1. The van der Waals surface area contributed by atoms with Crippen molar-refractivity contribution in [2.24, 2.45) is 0 Å². The number of halogens is 1. The Hall–Kier alpha value is -3.68. The smallest absolute Gasteiger partial charge is 0.294 e. The van der Waals surface area contributed by atoms with Gasteiger partial charge in [0.15, 0.2) is 11.5 Å². The first kappa shape index (κ1) is 19.1. The summed E-state index contributed by atoms with van der Waals surface area (Å²) in [5.74, 6) is -3.55. The number of anilines is 1. The zero-order chi connectivity index (χ0) is 20.4. The van der Waals surface area contributed by atoms with E-state index in [4.69, 9.17) is 4.74 Å². The van der Waals surface area contributed by atoms with Crippen LogP contribution < -0.4 is 14.7 Å². The first-order chi connectivity index (χ1) is 13.3. The van der Waals surface area contributed by atoms with E-state index < -0.39 is 41.9 Å². The normalized spacial score (nSPS) is 16.4. The Morgan fingerprint density at radius 3 is 2.29 bits per heavy atom. The Kier molecular flexibility index (Phi) is 5.12. The summed E-state index contributed by atoms with van der Waals surface area (Å²) >= 11 is 0. The molecule has 0 aromatic heterocycles.